The van der Waals surface area contributed by atoms with Crippen molar-refractivity contribution in [2.45, 2.75) is 33.3 Å². The highest BCUT2D eigenvalue weighted by Crippen LogP contribution is 2.38. The molecule has 2 fully saturated rings. The fourth-order valence-corrected chi connectivity index (χ4v) is 6.63. The summed E-state index contributed by atoms with van der Waals surface area (Å²) < 4.78 is 2.02. The number of thiazole rings is 1. The van der Waals surface area contributed by atoms with Gasteiger partial charge in [-0.2, -0.15) is 10.4 Å². The number of pyridine rings is 1. The first-order valence-electron chi connectivity index (χ1n) is 14.4. The third kappa shape index (κ3) is 5.22. The van der Waals surface area contributed by atoms with E-state index in [0.717, 1.165) is 82.8 Å². The number of carbonyl (C=O) groups excluding carboxylic acids is 1. The Balaban J connectivity index is 1.25. The van der Waals surface area contributed by atoms with E-state index in [0.29, 0.717) is 25.2 Å². The van der Waals surface area contributed by atoms with Crippen LogP contribution in [-0.4, -0.2) is 94.4 Å². The summed E-state index contributed by atoms with van der Waals surface area (Å²) in [4.78, 5) is 25.9. The van der Waals surface area contributed by atoms with Crippen LogP contribution in [0.3, 0.4) is 0 Å². The smallest absolute Gasteiger partial charge is 0.236 e. The number of piperazine rings is 1. The molecule has 0 spiro atoms. The van der Waals surface area contributed by atoms with Crippen molar-refractivity contribution < 1.29 is 9.90 Å². The van der Waals surface area contributed by atoms with Crippen molar-refractivity contribution in [3.8, 4) is 17.3 Å². The number of likely N-dealkylation sites (tertiary alicyclic amines) is 1. The minimum Gasteiger partial charge on any atom is -0.389 e. The lowest BCUT2D eigenvalue weighted by Crippen LogP contribution is -2.57. The number of β-amino-alcohol motifs (C(OH)–C–C–N with tert-alkyl or cyclic N) is 1. The molecule has 11 heteroatoms. The van der Waals surface area contributed by atoms with Crippen LogP contribution in [0.2, 0.25) is 0 Å². The topological polar surface area (TPSA) is 104 Å². The van der Waals surface area contributed by atoms with E-state index in [1.54, 1.807) is 16.2 Å². The highest BCUT2D eigenvalue weighted by molar-refractivity contribution is 7.14. The lowest BCUT2D eigenvalue weighted by atomic mass is 10.0. The third-order valence-corrected chi connectivity index (χ3v) is 9.19. The number of hydrogen-bond acceptors (Lipinski definition) is 9. The number of nitriles is 1. The predicted octanol–water partition coefficient (Wildman–Crippen LogP) is 3.60. The maximum absolute atomic E-state index is 12.5. The van der Waals surface area contributed by atoms with E-state index in [4.69, 9.17) is 10.1 Å². The molecular formula is C31H36N8O2S. The molecule has 0 radical (unpaired) electrons. The lowest BCUT2D eigenvalue weighted by molar-refractivity contribution is -0.142. The van der Waals surface area contributed by atoms with Crippen molar-refractivity contribution in [1.82, 2.24) is 24.4 Å². The van der Waals surface area contributed by atoms with Crippen molar-refractivity contribution in [3.63, 3.8) is 0 Å². The molecule has 1 aromatic carbocycles. The number of nitrogens with zero attached hydrogens (tertiary/aromatic N) is 8. The van der Waals surface area contributed by atoms with E-state index in [-0.39, 0.29) is 12.0 Å². The van der Waals surface area contributed by atoms with Crippen LogP contribution >= 0.6 is 11.3 Å². The average Bonchev–Trinajstić information content (AvgIpc) is 3.61. The Bertz CT molecular complexity index is 1670. The van der Waals surface area contributed by atoms with Crippen molar-refractivity contribution in [3.05, 3.63) is 58.2 Å². The zero-order valence-electron chi connectivity index (χ0n) is 24.5. The number of aliphatic hydroxyl groups is 1. The second-order valence-electron chi connectivity index (χ2n) is 11.3. The van der Waals surface area contributed by atoms with E-state index in [1.807, 2.05) is 42.1 Å². The van der Waals surface area contributed by atoms with E-state index in [1.165, 1.54) is 0 Å². The number of amides is 1. The molecule has 42 heavy (non-hydrogen) atoms. The van der Waals surface area contributed by atoms with Crippen LogP contribution in [0.15, 0.2) is 35.7 Å². The van der Waals surface area contributed by atoms with Gasteiger partial charge >= 0.3 is 0 Å². The average molecular weight is 585 g/mol. The van der Waals surface area contributed by atoms with E-state index in [9.17, 15) is 15.2 Å². The molecule has 1 N–H and O–H groups in total. The van der Waals surface area contributed by atoms with Gasteiger partial charge in [0.15, 0.2) is 5.13 Å². The van der Waals surface area contributed by atoms with Crippen LogP contribution in [0, 0.1) is 25.2 Å². The zero-order chi connectivity index (χ0) is 29.5. The van der Waals surface area contributed by atoms with Crippen LogP contribution in [-0.2, 0) is 11.2 Å². The minimum absolute atomic E-state index is 0.0987. The number of rotatable bonds is 7. The Kier molecular flexibility index (Phi) is 7.62. The summed E-state index contributed by atoms with van der Waals surface area (Å²) >= 11 is 1.56. The highest BCUT2D eigenvalue weighted by atomic mass is 32.1. The number of aliphatic hydroxyl groups excluding tert-OH is 1. The monoisotopic (exact) mass is 584 g/mol. The van der Waals surface area contributed by atoms with Crippen LogP contribution in [0.1, 0.15) is 29.4 Å². The summed E-state index contributed by atoms with van der Waals surface area (Å²) in [5.74, 6) is 0.0987. The number of aromatic nitrogens is 3. The van der Waals surface area contributed by atoms with Crippen LogP contribution in [0.25, 0.3) is 16.8 Å². The third-order valence-electron chi connectivity index (χ3n) is 8.27. The van der Waals surface area contributed by atoms with Gasteiger partial charge < -0.3 is 19.8 Å². The summed E-state index contributed by atoms with van der Waals surface area (Å²) in [5, 5.41) is 27.0. The number of hydrogen-bond donors (Lipinski definition) is 1. The molecule has 0 aliphatic carbocycles. The number of benzene rings is 1. The summed E-state index contributed by atoms with van der Waals surface area (Å²) in [6, 6.07) is 12.6. The lowest BCUT2D eigenvalue weighted by Gasteiger charge is -2.39. The molecule has 6 rings (SSSR count). The largest absolute Gasteiger partial charge is 0.389 e. The summed E-state index contributed by atoms with van der Waals surface area (Å²) in [6.07, 6.45) is 0.415. The van der Waals surface area contributed by atoms with Gasteiger partial charge in [-0.1, -0.05) is 19.1 Å². The summed E-state index contributed by atoms with van der Waals surface area (Å²) in [6.45, 7) is 10.8. The highest BCUT2D eigenvalue weighted by Gasteiger charge is 2.30. The van der Waals surface area contributed by atoms with Gasteiger partial charge in [-0.3, -0.25) is 9.69 Å². The zero-order valence-corrected chi connectivity index (χ0v) is 25.4. The molecule has 0 bridgehead atoms. The van der Waals surface area contributed by atoms with Crippen molar-refractivity contribution in [1.29, 1.82) is 5.26 Å². The summed E-state index contributed by atoms with van der Waals surface area (Å²) in [7, 11) is 2.04. The maximum atomic E-state index is 12.5. The quantitative estimate of drug-likeness (QED) is 0.352. The molecule has 0 saturated carbocycles. The number of aryl methyl sites for hydroxylation is 3. The second-order valence-corrected chi connectivity index (χ2v) is 12.1. The predicted molar refractivity (Wildman–Crippen MR) is 166 cm³/mol. The first-order chi connectivity index (χ1) is 20.2. The molecule has 2 aliphatic rings. The van der Waals surface area contributed by atoms with E-state index < -0.39 is 0 Å². The molecule has 10 nitrogen and oxygen atoms in total. The fourth-order valence-electron chi connectivity index (χ4n) is 5.84. The molecule has 218 valence electrons. The Morgan fingerprint density at radius 2 is 1.93 bits per heavy atom. The molecule has 3 aromatic heterocycles. The number of fused-ring (bicyclic) bond motifs is 1. The van der Waals surface area contributed by atoms with Gasteiger partial charge in [0.2, 0.25) is 5.91 Å². The molecule has 5 heterocycles. The van der Waals surface area contributed by atoms with Gasteiger partial charge in [0.05, 0.1) is 46.9 Å². The molecule has 4 aromatic rings. The van der Waals surface area contributed by atoms with Crippen molar-refractivity contribution in [2.75, 3.05) is 62.7 Å². The standard InChI is InChI=1S/C31H36N8O2S/c1-5-26-30(35(4)31-33-27(19-42-31)25-7-6-20(2)12-22(25)15-32)28-14-23(13-21(3)39(28)34-26)37-10-8-36(9-11-37)18-29(41)38-16-24(40)17-38/h6-7,12-14,19,24,40H,5,8-11,16-18H2,1-4H3. The van der Waals surface area contributed by atoms with Gasteiger partial charge in [-0.15, -0.1) is 11.3 Å². The van der Waals surface area contributed by atoms with E-state index in [2.05, 4.69) is 46.7 Å². The molecule has 0 unspecified atom stereocenters. The first-order valence-corrected chi connectivity index (χ1v) is 15.3. The maximum Gasteiger partial charge on any atom is 0.236 e. The van der Waals surface area contributed by atoms with Crippen LogP contribution in [0.5, 0.6) is 0 Å². The normalized spacial score (nSPS) is 16.1. The second kappa shape index (κ2) is 11.4. The SMILES string of the molecule is CCc1nn2c(C)cc(N3CCN(CC(=O)N4CC(O)C4)CC3)cc2c1N(C)c1nc(-c2ccc(C)cc2C#N)cs1. The van der Waals surface area contributed by atoms with Crippen molar-refractivity contribution >= 4 is 39.3 Å². The first kappa shape index (κ1) is 28.2. The summed E-state index contributed by atoms with van der Waals surface area (Å²) in [5.41, 5.74) is 8.59. The molecule has 1 amide bonds. The molecular weight excluding hydrogens is 548 g/mol. The van der Waals surface area contributed by atoms with Crippen molar-refractivity contribution in [2.24, 2.45) is 0 Å². The Morgan fingerprint density at radius 3 is 2.62 bits per heavy atom. The van der Waals surface area contributed by atoms with Gasteiger partial charge in [-0.25, -0.2) is 9.50 Å². The van der Waals surface area contributed by atoms with Crippen LogP contribution < -0.4 is 9.80 Å². The van der Waals surface area contributed by atoms with Gasteiger partial charge in [0.25, 0.3) is 0 Å². The van der Waals surface area contributed by atoms with Crippen LogP contribution in [0.4, 0.5) is 16.5 Å². The van der Waals surface area contributed by atoms with Gasteiger partial charge in [-0.05, 0) is 44.0 Å². The minimum atomic E-state index is -0.369. The van der Waals surface area contributed by atoms with Gasteiger partial charge in [0, 0.05) is 68.6 Å². The van der Waals surface area contributed by atoms with E-state index >= 15 is 0 Å². The Morgan fingerprint density at radius 1 is 1.17 bits per heavy atom. The number of carbonyl (C=O) groups is 1. The van der Waals surface area contributed by atoms with Gasteiger partial charge in [0.1, 0.15) is 0 Å². The molecule has 0 atom stereocenters. The number of anilines is 3. The Labute approximate surface area is 250 Å². The fraction of sp³-hybridized carbons (Fsp3) is 0.419. The molecule has 2 saturated heterocycles. The molecule has 2 aliphatic heterocycles. The Hall–Kier alpha value is -3.98.